The van der Waals surface area contributed by atoms with Crippen LogP contribution in [0.4, 0.5) is 0 Å². The number of thioether (sulfide) groups is 1. The number of tetrazole rings is 1. The standard InChI is InChI=1S/C15H17N7O2S/c1-21-15(18-19-20-21)25-9-7-16-13(23)6-8-22-10-17-12-5-3-2-4-11(12)14(22)24/h2-5,10H,6-9H2,1H3,(H,16,23). The summed E-state index contributed by atoms with van der Waals surface area (Å²) in [4.78, 5) is 28.5. The normalized spacial score (nSPS) is 10.9. The van der Waals surface area contributed by atoms with Crippen LogP contribution >= 0.6 is 11.8 Å². The molecule has 0 saturated carbocycles. The van der Waals surface area contributed by atoms with Crippen molar-refractivity contribution in [2.75, 3.05) is 12.3 Å². The Morgan fingerprint density at radius 3 is 2.96 bits per heavy atom. The van der Waals surface area contributed by atoms with Gasteiger partial charge in [-0.05, 0) is 22.6 Å². The monoisotopic (exact) mass is 359 g/mol. The van der Waals surface area contributed by atoms with E-state index in [1.165, 1.54) is 22.7 Å². The SMILES string of the molecule is Cn1nnnc1SCCNC(=O)CCn1cnc2ccccc2c1=O. The fraction of sp³-hybridized carbons (Fsp3) is 0.333. The molecule has 0 aliphatic carbocycles. The molecule has 3 rings (SSSR count). The van der Waals surface area contributed by atoms with E-state index in [1.807, 2.05) is 6.07 Å². The summed E-state index contributed by atoms with van der Waals surface area (Å²) >= 11 is 1.46. The number of amides is 1. The van der Waals surface area contributed by atoms with Crippen LogP contribution in [0.15, 0.2) is 40.5 Å². The van der Waals surface area contributed by atoms with Gasteiger partial charge in [-0.1, -0.05) is 23.9 Å². The third-order valence-electron chi connectivity index (χ3n) is 3.55. The summed E-state index contributed by atoms with van der Waals surface area (Å²) in [5.74, 6) is 0.550. The molecule has 0 saturated heterocycles. The van der Waals surface area contributed by atoms with Gasteiger partial charge in [0.2, 0.25) is 11.1 Å². The number of carbonyl (C=O) groups excluding carboxylic acids is 1. The Labute approximate surface area is 147 Å². The molecule has 0 spiro atoms. The van der Waals surface area contributed by atoms with Gasteiger partial charge in [-0.3, -0.25) is 14.2 Å². The molecule has 9 nitrogen and oxygen atoms in total. The average Bonchev–Trinajstić information content (AvgIpc) is 3.03. The molecule has 25 heavy (non-hydrogen) atoms. The summed E-state index contributed by atoms with van der Waals surface area (Å²) < 4.78 is 3.04. The van der Waals surface area contributed by atoms with Crippen LogP contribution in [0.1, 0.15) is 6.42 Å². The van der Waals surface area contributed by atoms with E-state index < -0.39 is 0 Å². The number of carbonyl (C=O) groups is 1. The maximum Gasteiger partial charge on any atom is 0.261 e. The number of benzene rings is 1. The highest BCUT2D eigenvalue weighted by Crippen LogP contribution is 2.10. The zero-order valence-electron chi connectivity index (χ0n) is 13.6. The van der Waals surface area contributed by atoms with Crippen molar-refractivity contribution in [2.45, 2.75) is 18.1 Å². The average molecular weight is 359 g/mol. The van der Waals surface area contributed by atoms with Crippen LogP contribution in [0, 0.1) is 0 Å². The second-order valence-corrected chi connectivity index (χ2v) is 6.36. The maximum atomic E-state index is 12.3. The van der Waals surface area contributed by atoms with Crippen LogP contribution in [0.2, 0.25) is 0 Å². The number of aryl methyl sites for hydroxylation is 2. The minimum atomic E-state index is -0.135. The Balaban J connectivity index is 1.47. The second-order valence-electron chi connectivity index (χ2n) is 5.29. The second kappa shape index (κ2) is 7.88. The van der Waals surface area contributed by atoms with Gasteiger partial charge < -0.3 is 5.32 Å². The Kier molecular flexibility index (Phi) is 5.39. The minimum absolute atomic E-state index is 0.114. The zero-order valence-corrected chi connectivity index (χ0v) is 14.4. The highest BCUT2D eigenvalue weighted by atomic mass is 32.2. The Morgan fingerprint density at radius 1 is 1.32 bits per heavy atom. The van der Waals surface area contributed by atoms with Crippen LogP contribution in [-0.2, 0) is 18.4 Å². The third kappa shape index (κ3) is 4.21. The van der Waals surface area contributed by atoms with Crippen LogP contribution in [0.5, 0.6) is 0 Å². The molecule has 2 heterocycles. The van der Waals surface area contributed by atoms with Gasteiger partial charge in [0.25, 0.3) is 5.56 Å². The van der Waals surface area contributed by atoms with Gasteiger partial charge in [-0.25, -0.2) is 9.67 Å². The van der Waals surface area contributed by atoms with Crippen molar-refractivity contribution in [3.63, 3.8) is 0 Å². The molecule has 1 aromatic carbocycles. The summed E-state index contributed by atoms with van der Waals surface area (Å²) in [5.41, 5.74) is 0.521. The van der Waals surface area contributed by atoms with Gasteiger partial charge in [-0.2, -0.15) is 0 Å². The number of para-hydroxylation sites is 1. The van der Waals surface area contributed by atoms with Gasteiger partial charge in [0.05, 0.1) is 17.2 Å². The molecule has 1 N–H and O–H groups in total. The van der Waals surface area contributed by atoms with E-state index in [-0.39, 0.29) is 17.9 Å². The van der Waals surface area contributed by atoms with Gasteiger partial charge in [0.1, 0.15) is 0 Å². The summed E-state index contributed by atoms with van der Waals surface area (Å²) in [6.07, 6.45) is 1.70. The number of nitrogens with zero attached hydrogens (tertiary/aromatic N) is 6. The predicted octanol–water partition coefficient (Wildman–Crippen LogP) is 0.219. The largest absolute Gasteiger partial charge is 0.355 e. The third-order valence-corrected chi connectivity index (χ3v) is 4.56. The van der Waals surface area contributed by atoms with Crippen molar-refractivity contribution in [1.29, 1.82) is 0 Å². The number of hydrogen-bond acceptors (Lipinski definition) is 7. The van der Waals surface area contributed by atoms with Crippen LogP contribution in [0.25, 0.3) is 10.9 Å². The summed E-state index contributed by atoms with van der Waals surface area (Å²) in [5, 5.41) is 15.2. The van der Waals surface area contributed by atoms with Crippen molar-refractivity contribution >= 4 is 28.6 Å². The van der Waals surface area contributed by atoms with E-state index in [0.717, 1.165) is 0 Å². The quantitative estimate of drug-likeness (QED) is 0.475. The summed E-state index contributed by atoms with van der Waals surface area (Å²) in [7, 11) is 1.76. The highest BCUT2D eigenvalue weighted by Gasteiger charge is 2.07. The fourth-order valence-electron chi connectivity index (χ4n) is 2.25. The first-order valence-electron chi connectivity index (χ1n) is 7.71. The summed E-state index contributed by atoms with van der Waals surface area (Å²) in [6.45, 7) is 0.796. The van der Waals surface area contributed by atoms with Gasteiger partial charge in [0.15, 0.2) is 0 Å². The van der Waals surface area contributed by atoms with E-state index in [2.05, 4.69) is 25.8 Å². The van der Waals surface area contributed by atoms with Crippen molar-refractivity contribution < 1.29 is 4.79 Å². The Hall–Kier alpha value is -2.75. The first kappa shape index (κ1) is 17.1. The lowest BCUT2D eigenvalue weighted by atomic mass is 10.2. The lowest BCUT2D eigenvalue weighted by molar-refractivity contribution is -0.121. The van der Waals surface area contributed by atoms with Gasteiger partial charge in [0, 0.05) is 32.3 Å². The van der Waals surface area contributed by atoms with E-state index >= 15 is 0 Å². The first-order valence-corrected chi connectivity index (χ1v) is 8.70. The lowest BCUT2D eigenvalue weighted by Crippen LogP contribution is -2.29. The molecule has 0 unspecified atom stereocenters. The molecule has 0 atom stereocenters. The van der Waals surface area contributed by atoms with Gasteiger partial charge in [-0.15, -0.1) is 5.10 Å². The molecule has 3 aromatic rings. The van der Waals surface area contributed by atoms with Gasteiger partial charge >= 0.3 is 0 Å². The lowest BCUT2D eigenvalue weighted by Gasteiger charge is -2.07. The van der Waals surface area contributed by atoms with Crippen LogP contribution < -0.4 is 10.9 Å². The Bertz CT molecular complexity index is 937. The number of hydrogen-bond donors (Lipinski definition) is 1. The molecule has 0 bridgehead atoms. The smallest absolute Gasteiger partial charge is 0.261 e. The van der Waals surface area contributed by atoms with Crippen LogP contribution in [-0.4, -0.2) is 48.0 Å². The van der Waals surface area contributed by atoms with Crippen molar-refractivity contribution in [3.05, 3.63) is 40.9 Å². The van der Waals surface area contributed by atoms with Crippen molar-refractivity contribution in [3.8, 4) is 0 Å². The first-order chi connectivity index (χ1) is 12.1. The molecule has 0 aliphatic rings. The van der Waals surface area contributed by atoms with Crippen molar-refractivity contribution in [1.82, 2.24) is 35.1 Å². The molecule has 2 aromatic heterocycles. The molecular weight excluding hydrogens is 342 g/mol. The number of rotatable bonds is 7. The number of nitrogens with one attached hydrogen (secondary N) is 1. The fourth-order valence-corrected chi connectivity index (χ4v) is 2.96. The molecule has 10 heteroatoms. The van der Waals surface area contributed by atoms with Crippen LogP contribution in [0.3, 0.4) is 0 Å². The number of aromatic nitrogens is 6. The topological polar surface area (TPSA) is 108 Å². The van der Waals surface area contributed by atoms with E-state index in [4.69, 9.17) is 0 Å². The highest BCUT2D eigenvalue weighted by molar-refractivity contribution is 7.99. The maximum absolute atomic E-state index is 12.3. The minimum Gasteiger partial charge on any atom is -0.355 e. The molecule has 130 valence electrons. The molecule has 0 aliphatic heterocycles. The van der Waals surface area contributed by atoms with E-state index in [0.29, 0.717) is 34.9 Å². The van der Waals surface area contributed by atoms with E-state index in [1.54, 1.807) is 29.9 Å². The zero-order chi connectivity index (χ0) is 17.6. The molecule has 0 radical (unpaired) electrons. The predicted molar refractivity (Wildman–Crippen MR) is 93.2 cm³/mol. The van der Waals surface area contributed by atoms with E-state index in [9.17, 15) is 9.59 Å². The molecule has 0 fully saturated rings. The summed E-state index contributed by atoms with van der Waals surface area (Å²) in [6, 6.07) is 7.16. The molecular formula is C15H17N7O2S. The molecule has 1 amide bonds. The number of fused-ring (bicyclic) bond motifs is 1. The van der Waals surface area contributed by atoms with Crippen molar-refractivity contribution in [2.24, 2.45) is 7.05 Å². The Morgan fingerprint density at radius 2 is 2.16 bits per heavy atom.